The lowest BCUT2D eigenvalue weighted by Crippen LogP contribution is -2.25. The molecule has 0 spiro atoms. The van der Waals surface area contributed by atoms with Gasteiger partial charge < -0.3 is 4.57 Å². The van der Waals surface area contributed by atoms with Gasteiger partial charge >= 0.3 is 0 Å². The third kappa shape index (κ3) is 6.84. The van der Waals surface area contributed by atoms with Crippen LogP contribution >= 0.6 is 22.7 Å². The summed E-state index contributed by atoms with van der Waals surface area (Å²) in [5, 5.41) is 13.1. The van der Waals surface area contributed by atoms with Crippen molar-refractivity contribution in [1.82, 2.24) is 4.57 Å². The minimum Gasteiger partial charge on any atom is -0.317 e. The van der Waals surface area contributed by atoms with E-state index in [-0.39, 0.29) is 23.9 Å². The first kappa shape index (κ1) is 43.0. The van der Waals surface area contributed by atoms with Crippen LogP contribution < -0.4 is 0 Å². The molecule has 10 aromatic carbocycles. The van der Waals surface area contributed by atoms with E-state index in [1.807, 2.05) is 22.7 Å². The maximum atomic E-state index is 6.39. The molecule has 0 N–H and O–H groups in total. The normalized spacial score (nSPS) is 19.8. The van der Waals surface area contributed by atoms with Crippen LogP contribution in [-0.4, -0.2) is 10.3 Å². The predicted molar refractivity (Wildman–Crippen MR) is 316 cm³/mol. The monoisotopic (exact) mass is 972 g/mol. The first-order chi connectivity index (χ1) is 36.0. The number of benzene rings is 10. The van der Waals surface area contributed by atoms with Crippen LogP contribution in [0, 0.1) is 11.8 Å². The highest BCUT2D eigenvalue weighted by atomic mass is 32.1. The highest BCUT2D eigenvalue weighted by molar-refractivity contribution is 7.26. The fraction of sp³-hybridized carbons (Fsp3) is 0.145. The van der Waals surface area contributed by atoms with E-state index in [1.54, 1.807) is 0 Å². The number of para-hydroxylation sites is 2. The van der Waals surface area contributed by atoms with Gasteiger partial charge in [0.05, 0.1) is 11.0 Å². The smallest absolute Gasteiger partial charge is 0.132 e. The van der Waals surface area contributed by atoms with Crippen LogP contribution in [0.2, 0.25) is 0 Å². The number of aromatic nitrogens is 1. The van der Waals surface area contributed by atoms with Crippen molar-refractivity contribution in [3.63, 3.8) is 0 Å². The van der Waals surface area contributed by atoms with Crippen LogP contribution in [0.25, 0.3) is 100 Å². The largest absolute Gasteiger partial charge is 0.317 e. The summed E-state index contributed by atoms with van der Waals surface area (Å²) >= 11 is 3.85. The molecule has 4 heterocycles. The second-order valence-electron chi connectivity index (χ2n) is 20.7. The highest BCUT2D eigenvalue weighted by Crippen LogP contribution is 2.49. The Morgan fingerprint density at radius 2 is 1.11 bits per heavy atom. The number of aliphatic imine (C=N–C) groups is 1. The molecule has 0 bridgehead atoms. The average molecular weight is 973 g/mol. The summed E-state index contributed by atoms with van der Waals surface area (Å²) in [6, 6.07) is 76.2. The van der Waals surface area contributed by atoms with Gasteiger partial charge in [-0.25, -0.2) is 0 Å². The van der Waals surface area contributed by atoms with Crippen molar-refractivity contribution in [2.75, 3.05) is 0 Å². The number of hydrogen-bond donors (Lipinski definition) is 0. The number of allylic oxidation sites excluding steroid dienone is 1. The van der Waals surface area contributed by atoms with Crippen LogP contribution in [-0.2, 0) is 6.42 Å². The Labute approximate surface area is 433 Å². The molecular formula is C69H52N2S2. The fourth-order valence-electron chi connectivity index (χ4n) is 13.2. The molecule has 0 saturated carbocycles. The minimum atomic E-state index is -0.214. The summed E-state index contributed by atoms with van der Waals surface area (Å²) < 4.78 is 7.96. The summed E-state index contributed by atoms with van der Waals surface area (Å²) in [6.07, 6.45) is 6.25. The van der Waals surface area contributed by atoms with E-state index in [9.17, 15) is 0 Å². The molecule has 73 heavy (non-hydrogen) atoms. The zero-order chi connectivity index (χ0) is 48.3. The van der Waals surface area contributed by atoms with E-state index in [1.165, 1.54) is 134 Å². The van der Waals surface area contributed by atoms with Gasteiger partial charge in [0.25, 0.3) is 0 Å². The van der Waals surface area contributed by atoms with Gasteiger partial charge in [0.2, 0.25) is 0 Å². The molecule has 0 fully saturated rings. The van der Waals surface area contributed by atoms with Gasteiger partial charge in [-0.05, 0) is 147 Å². The second-order valence-corrected chi connectivity index (χ2v) is 22.9. The van der Waals surface area contributed by atoms with Gasteiger partial charge in [0.15, 0.2) is 0 Å². The SMILES string of the molecule is CCC1/C(c2ccc3c(c2)sc2ccccc23)=C/CC(C)/C(c2cc(C3CCc4cc5ccccc5cc4-c4cc5ccccc5cc43)cc3sc4ccccc4c23)=N\C1n1c2ccccc2c2ccccc21. The van der Waals surface area contributed by atoms with E-state index in [4.69, 9.17) is 4.99 Å². The molecule has 0 amide bonds. The Morgan fingerprint density at radius 1 is 0.521 bits per heavy atom. The molecule has 4 heteroatoms. The number of nitrogens with zero attached hydrogens (tertiary/aromatic N) is 2. The summed E-state index contributed by atoms with van der Waals surface area (Å²) in [4.78, 5) is 6.39. The van der Waals surface area contributed by atoms with Crippen molar-refractivity contribution in [1.29, 1.82) is 0 Å². The van der Waals surface area contributed by atoms with E-state index in [0.717, 1.165) is 25.7 Å². The second kappa shape index (κ2) is 17.0. The van der Waals surface area contributed by atoms with Crippen molar-refractivity contribution >= 4 is 118 Å². The molecule has 4 atom stereocenters. The molecule has 0 saturated heterocycles. The van der Waals surface area contributed by atoms with Crippen LogP contribution in [0.5, 0.6) is 0 Å². The molecule has 1 aliphatic heterocycles. The summed E-state index contributed by atoms with van der Waals surface area (Å²) in [7, 11) is 0. The molecule has 15 rings (SSSR count). The first-order valence-electron chi connectivity index (χ1n) is 26.2. The zero-order valence-corrected chi connectivity index (χ0v) is 42.6. The lowest BCUT2D eigenvalue weighted by molar-refractivity contribution is 0.415. The lowest BCUT2D eigenvalue weighted by atomic mass is 9.80. The van der Waals surface area contributed by atoms with E-state index < -0.39 is 0 Å². The van der Waals surface area contributed by atoms with Crippen LogP contribution in [0.4, 0.5) is 0 Å². The molecule has 13 aromatic rings. The molecule has 3 aromatic heterocycles. The molecule has 2 nitrogen and oxygen atoms in total. The van der Waals surface area contributed by atoms with Crippen molar-refractivity contribution < 1.29 is 0 Å². The lowest BCUT2D eigenvalue weighted by Gasteiger charge is -2.33. The molecule has 1 aliphatic carbocycles. The third-order valence-electron chi connectivity index (χ3n) is 16.7. The molecule has 0 radical (unpaired) electrons. The quantitative estimate of drug-likeness (QED) is 0.164. The molecular weight excluding hydrogens is 921 g/mol. The van der Waals surface area contributed by atoms with Gasteiger partial charge in [0, 0.05) is 80.1 Å². The Morgan fingerprint density at radius 3 is 1.84 bits per heavy atom. The average Bonchev–Trinajstić information content (AvgIpc) is 4.09. The molecule has 4 unspecified atom stereocenters. The fourth-order valence-corrected chi connectivity index (χ4v) is 15.5. The van der Waals surface area contributed by atoms with E-state index >= 15 is 0 Å². The van der Waals surface area contributed by atoms with Gasteiger partial charge in [0.1, 0.15) is 6.17 Å². The number of thiophene rings is 2. The summed E-state index contributed by atoms with van der Waals surface area (Å²) in [5.41, 5.74) is 14.6. The Balaban J connectivity index is 0.976. The summed E-state index contributed by atoms with van der Waals surface area (Å²) in [5.74, 6) is 0.415. The zero-order valence-electron chi connectivity index (χ0n) is 41.0. The topological polar surface area (TPSA) is 17.3 Å². The minimum absolute atomic E-state index is 0.0995. The molecule has 350 valence electrons. The van der Waals surface area contributed by atoms with Gasteiger partial charge in [-0.15, -0.1) is 22.7 Å². The number of fused-ring (bicyclic) bond motifs is 14. The Kier molecular flexibility index (Phi) is 10.0. The standard InChI is InChI=1S/C69H52N2S2/c1-3-49-50(47-30-33-55-54-22-10-14-26-63(54)72-65(55)39-47)31-28-41(2)68(70-69(49)71-61-24-12-8-20-52(61)53-21-9-13-25-62(53)71)60-38-48(40-66-67(60)56-23-11-15-27-64(56)73-66)51-32-29-46-34-42-16-4-5-17-43(42)35-57(46)59-37-45-19-7-6-18-44(45)36-58(51)59/h4-27,30-31,33-41,49,51,69H,3,28-29,32H2,1-2H3/b50-31+,70-68+. The number of hydrogen-bond acceptors (Lipinski definition) is 3. The van der Waals surface area contributed by atoms with Crippen LogP contribution in [0.3, 0.4) is 0 Å². The number of rotatable bonds is 5. The van der Waals surface area contributed by atoms with Crippen molar-refractivity contribution in [2.45, 2.75) is 51.6 Å². The van der Waals surface area contributed by atoms with Gasteiger partial charge in [-0.2, -0.15) is 0 Å². The Bertz CT molecular complexity index is 4410. The van der Waals surface area contributed by atoms with Crippen molar-refractivity contribution in [2.24, 2.45) is 16.8 Å². The maximum Gasteiger partial charge on any atom is 0.132 e. The third-order valence-corrected chi connectivity index (χ3v) is 18.9. The van der Waals surface area contributed by atoms with Crippen molar-refractivity contribution in [3.05, 3.63) is 234 Å². The molecule has 2 aliphatic rings. The van der Waals surface area contributed by atoms with E-state index in [2.05, 4.69) is 225 Å². The van der Waals surface area contributed by atoms with Gasteiger partial charge in [-0.1, -0.05) is 159 Å². The maximum absolute atomic E-state index is 6.39. The Hall–Kier alpha value is -7.63. The van der Waals surface area contributed by atoms with Crippen molar-refractivity contribution in [3.8, 4) is 11.1 Å². The highest BCUT2D eigenvalue weighted by Gasteiger charge is 2.34. The van der Waals surface area contributed by atoms with E-state index in [0.29, 0.717) is 0 Å². The first-order valence-corrected chi connectivity index (χ1v) is 27.9. The predicted octanol–water partition coefficient (Wildman–Crippen LogP) is 19.7. The van der Waals surface area contributed by atoms with Crippen LogP contribution in [0.15, 0.2) is 211 Å². The number of aryl methyl sites for hydroxylation is 1. The summed E-state index contributed by atoms with van der Waals surface area (Å²) in [6.45, 7) is 4.83. The van der Waals surface area contributed by atoms with Gasteiger partial charge in [-0.3, -0.25) is 4.99 Å². The van der Waals surface area contributed by atoms with Crippen LogP contribution in [0.1, 0.15) is 73.0 Å².